The van der Waals surface area contributed by atoms with Crippen molar-refractivity contribution >= 4 is 0 Å². The van der Waals surface area contributed by atoms with E-state index in [0.717, 1.165) is 32.1 Å². The monoisotopic (exact) mass is 213 g/mol. The van der Waals surface area contributed by atoms with Gasteiger partial charge in [-0.2, -0.15) is 0 Å². The van der Waals surface area contributed by atoms with Crippen LogP contribution in [0, 0.1) is 0 Å². The molecule has 4 nitrogen and oxygen atoms in total. The second-order valence-corrected chi connectivity index (χ2v) is 4.93. The Kier molecular flexibility index (Phi) is 2.28. The summed E-state index contributed by atoms with van der Waals surface area (Å²) < 4.78 is 17.6. The Bertz CT molecular complexity index is 221. The minimum atomic E-state index is -0.912. The van der Waals surface area contributed by atoms with E-state index in [1.807, 2.05) is 0 Å². The van der Waals surface area contributed by atoms with Crippen LogP contribution in [-0.4, -0.2) is 30.3 Å². The van der Waals surface area contributed by atoms with Crippen molar-refractivity contribution < 1.29 is 14.2 Å². The lowest BCUT2D eigenvalue weighted by Crippen LogP contribution is -2.68. The zero-order valence-electron chi connectivity index (χ0n) is 9.15. The van der Waals surface area contributed by atoms with E-state index in [9.17, 15) is 0 Å². The molecule has 0 spiro atoms. The molecule has 3 aliphatic heterocycles. The van der Waals surface area contributed by atoms with Crippen LogP contribution in [0.25, 0.3) is 0 Å². The third kappa shape index (κ3) is 1.51. The molecule has 4 fully saturated rings. The van der Waals surface area contributed by atoms with Gasteiger partial charge in [0.2, 0.25) is 0 Å². The molecule has 0 aromatic rings. The highest BCUT2D eigenvalue weighted by Gasteiger charge is 2.57. The van der Waals surface area contributed by atoms with Gasteiger partial charge in [0.1, 0.15) is 0 Å². The van der Waals surface area contributed by atoms with Gasteiger partial charge < -0.3 is 19.9 Å². The first-order valence-corrected chi connectivity index (χ1v) is 6.01. The Morgan fingerprint density at radius 3 is 2.00 bits per heavy atom. The van der Waals surface area contributed by atoms with E-state index in [4.69, 9.17) is 19.9 Å². The molecule has 1 atom stereocenters. The fraction of sp³-hybridized carbons (Fsp3) is 1.00. The van der Waals surface area contributed by atoms with Crippen LogP contribution in [0.15, 0.2) is 0 Å². The molecule has 4 bridgehead atoms. The standard InChI is InChI=1S/C11H19NO3/c1-2-3-10(12)11-13-7-4-8(14-11)6-9(5-7)15-11/h7-10H,2-6,12H2,1H3/t7?,8?,9?,10-,11?/m0/s1. The van der Waals surface area contributed by atoms with Gasteiger partial charge in [-0.05, 0) is 6.42 Å². The normalized spacial score (nSPS) is 49.6. The Morgan fingerprint density at radius 1 is 1.13 bits per heavy atom. The quantitative estimate of drug-likeness (QED) is 0.763. The zero-order valence-corrected chi connectivity index (χ0v) is 9.15. The predicted molar refractivity (Wildman–Crippen MR) is 54.1 cm³/mol. The van der Waals surface area contributed by atoms with Gasteiger partial charge in [0.15, 0.2) is 0 Å². The van der Waals surface area contributed by atoms with Crippen LogP contribution in [0.3, 0.4) is 0 Å². The first-order valence-electron chi connectivity index (χ1n) is 6.01. The van der Waals surface area contributed by atoms with Crippen molar-refractivity contribution in [1.29, 1.82) is 0 Å². The van der Waals surface area contributed by atoms with E-state index in [-0.39, 0.29) is 6.04 Å². The smallest absolute Gasteiger partial charge is 0.299 e. The van der Waals surface area contributed by atoms with Gasteiger partial charge in [0.05, 0.1) is 24.4 Å². The molecule has 86 valence electrons. The predicted octanol–water partition coefficient (Wildman–Crippen LogP) is 1.13. The second-order valence-electron chi connectivity index (χ2n) is 4.93. The molecule has 3 saturated heterocycles. The molecule has 1 aliphatic carbocycles. The Morgan fingerprint density at radius 2 is 1.60 bits per heavy atom. The highest BCUT2D eigenvalue weighted by Crippen LogP contribution is 2.46. The molecular formula is C11H19NO3. The maximum absolute atomic E-state index is 6.11. The summed E-state index contributed by atoms with van der Waals surface area (Å²) in [4.78, 5) is 0. The number of ether oxygens (including phenoxy) is 3. The van der Waals surface area contributed by atoms with Crippen LogP contribution in [0.4, 0.5) is 0 Å². The lowest BCUT2D eigenvalue weighted by molar-refractivity contribution is -0.499. The van der Waals surface area contributed by atoms with Gasteiger partial charge in [-0.3, -0.25) is 0 Å². The van der Waals surface area contributed by atoms with Crippen LogP contribution in [-0.2, 0) is 14.2 Å². The van der Waals surface area contributed by atoms with E-state index in [0.29, 0.717) is 18.3 Å². The fourth-order valence-corrected chi connectivity index (χ4v) is 2.99. The van der Waals surface area contributed by atoms with Gasteiger partial charge in [-0.15, -0.1) is 0 Å². The van der Waals surface area contributed by atoms with E-state index in [1.165, 1.54) is 0 Å². The summed E-state index contributed by atoms with van der Waals surface area (Å²) in [7, 11) is 0. The maximum Gasteiger partial charge on any atom is 0.299 e. The second kappa shape index (κ2) is 3.42. The molecule has 4 heteroatoms. The molecule has 0 amide bonds. The molecule has 15 heavy (non-hydrogen) atoms. The summed E-state index contributed by atoms with van der Waals surface area (Å²) >= 11 is 0. The van der Waals surface area contributed by atoms with Crippen molar-refractivity contribution in [3.63, 3.8) is 0 Å². The molecule has 0 aromatic carbocycles. The molecule has 0 unspecified atom stereocenters. The summed E-state index contributed by atoms with van der Waals surface area (Å²) in [6.45, 7) is 2.11. The van der Waals surface area contributed by atoms with E-state index < -0.39 is 5.97 Å². The third-order valence-electron chi connectivity index (χ3n) is 3.62. The molecular weight excluding hydrogens is 194 g/mol. The fourth-order valence-electron chi connectivity index (χ4n) is 2.99. The number of hydrogen-bond acceptors (Lipinski definition) is 4. The van der Waals surface area contributed by atoms with Crippen molar-refractivity contribution in [3.05, 3.63) is 0 Å². The van der Waals surface area contributed by atoms with Crippen molar-refractivity contribution in [2.75, 3.05) is 0 Å². The Labute approximate surface area is 90.1 Å². The van der Waals surface area contributed by atoms with E-state index in [1.54, 1.807) is 0 Å². The topological polar surface area (TPSA) is 53.7 Å². The largest absolute Gasteiger partial charge is 0.323 e. The van der Waals surface area contributed by atoms with Crippen molar-refractivity contribution in [1.82, 2.24) is 0 Å². The van der Waals surface area contributed by atoms with Crippen LogP contribution in [0.1, 0.15) is 39.0 Å². The first kappa shape index (κ1) is 10.0. The summed E-state index contributed by atoms with van der Waals surface area (Å²) in [5, 5.41) is 0. The van der Waals surface area contributed by atoms with Crippen LogP contribution < -0.4 is 5.73 Å². The van der Waals surface area contributed by atoms with E-state index >= 15 is 0 Å². The molecule has 2 N–H and O–H groups in total. The van der Waals surface area contributed by atoms with Crippen molar-refractivity contribution in [2.24, 2.45) is 5.73 Å². The molecule has 0 radical (unpaired) electrons. The Hall–Kier alpha value is -0.160. The minimum absolute atomic E-state index is 0.157. The summed E-state index contributed by atoms with van der Waals surface area (Å²) in [5.74, 6) is -0.912. The summed E-state index contributed by atoms with van der Waals surface area (Å²) in [5.41, 5.74) is 6.11. The number of nitrogens with two attached hydrogens (primary N) is 1. The van der Waals surface area contributed by atoms with Gasteiger partial charge in [0.25, 0.3) is 5.97 Å². The van der Waals surface area contributed by atoms with E-state index in [2.05, 4.69) is 6.92 Å². The van der Waals surface area contributed by atoms with Gasteiger partial charge in [-0.25, -0.2) is 0 Å². The van der Waals surface area contributed by atoms with Gasteiger partial charge in [0, 0.05) is 19.3 Å². The summed E-state index contributed by atoms with van der Waals surface area (Å²) in [6.07, 6.45) is 5.87. The zero-order chi connectivity index (χ0) is 10.5. The van der Waals surface area contributed by atoms with Gasteiger partial charge >= 0.3 is 0 Å². The van der Waals surface area contributed by atoms with Crippen molar-refractivity contribution in [3.8, 4) is 0 Å². The molecule has 1 saturated carbocycles. The summed E-state index contributed by atoms with van der Waals surface area (Å²) in [6, 6.07) is -0.157. The third-order valence-corrected chi connectivity index (χ3v) is 3.62. The van der Waals surface area contributed by atoms with Crippen LogP contribution >= 0.6 is 0 Å². The Balaban J connectivity index is 1.80. The first-order chi connectivity index (χ1) is 7.22. The highest BCUT2D eigenvalue weighted by atomic mass is 16.9. The van der Waals surface area contributed by atoms with Crippen molar-refractivity contribution in [2.45, 2.75) is 69.4 Å². The number of rotatable bonds is 3. The lowest BCUT2D eigenvalue weighted by Gasteiger charge is -2.56. The molecule has 0 aromatic heterocycles. The van der Waals surface area contributed by atoms with Gasteiger partial charge in [-0.1, -0.05) is 13.3 Å². The average molecular weight is 213 g/mol. The van der Waals surface area contributed by atoms with Crippen LogP contribution in [0.2, 0.25) is 0 Å². The van der Waals surface area contributed by atoms with Crippen LogP contribution in [0.5, 0.6) is 0 Å². The average Bonchev–Trinajstić information content (AvgIpc) is 2.15. The molecule has 4 aliphatic rings. The maximum atomic E-state index is 6.11. The molecule has 4 rings (SSSR count). The minimum Gasteiger partial charge on any atom is -0.323 e. The number of hydrogen-bond donors (Lipinski definition) is 1. The SMILES string of the molecule is CCC[C@H](N)C12OC3CC(CC(C3)O1)O2. The molecule has 3 heterocycles. The highest BCUT2D eigenvalue weighted by molar-refractivity contribution is 4.95. The lowest BCUT2D eigenvalue weighted by atomic mass is 9.88.